The second-order valence-electron chi connectivity index (χ2n) is 4.65. The highest BCUT2D eigenvalue weighted by Gasteiger charge is 2.31. The molecule has 0 radical (unpaired) electrons. The molecule has 1 aliphatic heterocycles. The number of esters is 1. The van der Waals surface area contributed by atoms with E-state index in [9.17, 15) is 9.90 Å². The number of ether oxygens (including phenoxy) is 1. The van der Waals surface area contributed by atoms with Crippen molar-refractivity contribution in [2.75, 3.05) is 13.7 Å². The highest BCUT2D eigenvalue weighted by Crippen LogP contribution is 2.27. The van der Waals surface area contributed by atoms with E-state index in [2.05, 4.69) is 5.32 Å². The molecule has 2 N–H and O–H groups in total. The molecule has 106 valence electrons. The molecular weight excluding hydrogens is 266 g/mol. The van der Waals surface area contributed by atoms with Gasteiger partial charge in [0.2, 0.25) is 0 Å². The first-order chi connectivity index (χ1) is 8.72. The van der Waals surface area contributed by atoms with Gasteiger partial charge in [0, 0.05) is 6.04 Å². The Morgan fingerprint density at radius 2 is 2.05 bits per heavy atom. The lowest BCUT2D eigenvalue weighted by Gasteiger charge is -2.30. The number of aromatic hydroxyl groups is 1. The molecule has 0 aliphatic carbocycles. The normalized spacial score (nSPS) is 20.2. The smallest absolute Gasteiger partial charge is 0.314 e. The van der Waals surface area contributed by atoms with Crippen LogP contribution in [0, 0.1) is 0 Å². The van der Waals surface area contributed by atoms with Crippen molar-refractivity contribution in [3.05, 3.63) is 29.8 Å². The summed E-state index contributed by atoms with van der Waals surface area (Å²) in [5.74, 6) is -0.310. The van der Waals surface area contributed by atoms with Gasteiger partial charge in [0.15, 0.2) is 0 Å². The van der Waals surface area contributed by atoms with Gasteiger partial charge in [-0.3, -0.25) is 4.79 Å². The van der Waals surface area contributed by atoms with Gasteiger partial charge in [-0.2, -0.15) is 0 Å². The molecule has 2 atom stereocenters. The Labute approximate surface area is 119 Å². The standard InChI is InChI=1S/C14H19NO3.ClH/c1-18-14(17)13(12-4-2-3-9-15-12)10-5-7-11(16)8-6-10;/h5-8,12-13,15-16H,2-4,9H2,1H3;1H/t12-,13-;/m0./s1. The van der Waals surface area contributed by atoms with Crippen LogP contribution >= 0.6 is 12.4 Å². The van der Waals surface area contributed by atoms with Crippen molar-refractivity contribution >= 4 is 18.4 Å². The Morgan fingerprint density at radius 1 is 1.37 bits per heavy atom. The maximum atomic E-state index is 12.0. The lowest BCUT2D eigenvalue weighted by atomic mass is 9.86. The van der Waals surface area contributed by atoms with E-state index >= 15 is 0 Å². The summed E-state index contributed by atoms with van der Waals surface area (Å²) < 4.78 is 4.91. The fourth-order valence-corrected chi connectivity index (χ4v) is 2.50. The number of carbonyl (C=O) groups is 1. The SMILES string of the molecule is COC(=O)[C@@H](c1ccc(O)cc1)[C@@H]1CCCCN1.Cl. The first-order valence-corrected chi connectivity index (χ1v) is 6.32. The number of hydrogen-bond donors (Lipinski definition) is 2. The van der Waals surface area contributed by atoms with Gasteiger partial charge >= 0.3 is 5.97 Å². The molecule has 2 rings (SSSR count). The van der Waals surface area contributed by atoms with Gasteiger partial charge < -0.3 is 15.2 Å². The zero-order valence-electron chi connectivity index (χ0n) is 11.0. The summed E-state index contributed by atoms with van der Waals surface area (Å²) in [6, 6.07) is 6.90. The summed E-state index contributed by atoms with van der Waals surface area (Å²) in [5.41, 5.74) is 0.888. The Bertz CT molecular complexity index is 402. The zero-order chi connectivity index (χ0) is 13.0. The molecule has 0 spiro atoms. The zero-order valence-corrected chi connectivity index (χ0v) is 11.8. The molecule has 0 unspecified atom stereocenters. The maximum absolute atomic E-state index is 12.0. The first-order valence-electron chi connectivity index (χ1n) is 6.32. The van der Waals surface area contributed by atoms with E-state index in [4.69, 9.17) is 4.74 Å². The molecular formula is C14H20ClNO3. The molecule has 5 heteroatoms. The number of methoxy groups -OCH3 is 1. The van der Waals surface area contributed by atoms with Gasteiger partial charge in [0.1, 0.15) is 5.75 Å². The van der Waals surface area contributed by atoms with E-state index < -0.39 is 0 Å². The number of halogens is 1. The third-order valence-corrected chi connectivity index (χ3v) is 3.46. The number of carbonyl (C=O) groups excluding carboxylic acids is 1. The number of rotatable bonds is 3. The molecule has 0 amide bonds. The van der Waals surface area contributed by atoms with Crippen LogP contribution in [-0.4, -0.2) is 30.8 Å². The largest absolute Gasteiger partial charge is 0.508 e. The van der Waals surface area contributed by atoms with Crippen molar-refractivity contribution in [1.29, 1.82) is 0 Å². The van der Waals surface area contributed by atoms with Crippen LogP contribution in [0.15, 0.2) is 24.3 Å². The van der Waals surface area contributed by atoms with Crippen LogP contribution in [0.4, 0.5) is 0 Å². The molecule has 1 heterocycles. The molecule has 0 aromatic heterocycles. The van der Waals surface area contributed by atoms with Gasteiger partial charge in [-0.1, -0.05) is 18.6 Å². The molecule has 1 aliphatic rings. The first kappa shape index (κ1) is 15.8. The molecule has 0 bridgehead atoms. The Balaban J connectivity index is 0.00000180. The predicted octanol–water partition coefficient (Wildman–Crippen LogP) is 2.21. The Kier molecular flexibility index (Phi) is 6.12. The molecule has 19 heavy (non-hydrogen) atoms. The number of benzene rings is 1. The van der Waals surface area contributed by atoms with Crippen LogP contribution in [0.25, 0.3) is 0 Å². The second-order valence-corrected chi connectivity index (χ2v) is 4.65. The van der Waals surface area contributed by atoms with Crippen LogP contribution in [0.5, 0.6) is 5.75 Å². The molecule has 4 nitrogen and oxygen atoms in total. The summed E-state index contributed by atoms with van der Waals surface area (Å²) in [6.45, 7) is 0.941. The van der Waals surface area contributed by atoms with Gasteiger partial charge in [0.05, 0.1) is 13.0 Å². The average Bonchev–Trinajstić information content (AvgIpc) is 2.42. The minimum atomic E-state index is -0.295. The fourth-order valence-electron chi connectivity index (χ4n) is 2.50. The van der Waals surface area contributed by atoms with E-state index in [1.807, 2.05) is 0 Å². The van der Waals surface area contributed by atoms with E-state index in [1.54, 1.807) is 24.3 Å². The van der Waals surface area contributed by atoms with Crippen molar-refractivity contribution in [3.8, 4) is 5.75 Å². The van der Waals surface area contributed by atoms with Crippen molar-refractivity contribution in [1.82, 2.24) is 5.32 Å². The van der Waals surface area contributed by atoms with Gasteiger partial charge in [-0.05, 0) is 37.1 Å². The minimum Gasteiger partial charge on any atom is -0.508 e. The molecule has 1 saturated heterocycles. The predicted molar refractivity (Wildman–Crippen MR) is 75.8 cm³/mol. The van der Waals surface area contributed by atoms with E-state index in [0.717, 1.165) is 31.4 Å². The van der Waals surface area contributed by atoms with Crippen molar-refractivity contribution in [2.45, 2.75) is 31.2 Å². The van der Waals surface area contributed by atoms with Crippen molar-refractivity contribution in [3.63, 3.8) is 0 Å². The molecule has 1 fully saturated rings. The highest BCUT2D eigenvalue weighted by molar-refractivity contribution is 5.85. The van der Waals surface area contributed by atoms with E-state index in [-0.39, 0.29) is 36.1 Å². The summed E-state index contributed by atoms with van der Waals surface area (Å²) in [7, 11) is 1.42. The molecule has 0 saturated carbocycles. The highest BCUT2D eigenvalue weighted by atomic mass is 35.5. The van der Waals surface area contributed by atoms with Gasteiger partial charge in [0.25, 0.3) is 0 Å². The Morgan fingerprint density at radius 3 is 2.58 bits per heavy atom. The average molecular weight is 286 g/mol. The summed E-state index contributed by atoms with van der Waals surface area (Å²) >= 11 is 0. The maximum Gasteiger partial charge on any atom is 0.314 e. The van der Waals surface area contributed by atoms with Crippen molar-refractivity contribution in [2.24, 2.45) is 0 Å². The quantitative estimate of drug-likeness (QED) is 0.836. The second kappa shape index (κ2) is 7.36. The monoisotopic (exact) mass is 285 g/mol. The van der Waals surface area contributed by atoms with E-state index in [1.165, 1.54) is 7.11 Å². The summed E-state index contributed by atoms with van der Waals surface area (Å²) in [4.78, 5) is 12.0. The topological polar surface area (TPSA) is 58.6 Å². The third-order valence-electron chi connectivity index (χ3n) is 3.46. The number of piperidine rings is 1. The summed E-state index contributed by atoms with van der Waals surface area (Å²) in [6.07, 6.45) is 3.25. The van der Waals surface area contributed by atoms with Crippen LogP contribution in [0.3, 0.4) is 0 Å². The lowest BCUT2D eigenvalue weighted by Crippen LogP contribution is -2.42. The van der Waals surface area contributed by atoms with Gasteiger partial charge in [-0.15, -0.1) is 12.4 Å². The van der Waals surface area contributed by atoms with Crippen LogP contribution < -0.4 is 5.32 Å². The molecule has 1 aromatic rings. The minimum absolute atomic E-state index is 0. The van der Waals surface area contributed by atoms with E-state index in [0.29, 0.717) is 0 Å². The third kappa shape index (κ3) is 3.85. The van der Waals surface area contributed by atoms with Crippen LogP contribution in [0.2, 0.25) is 0 Å². The van der Waals surface area contributed by atoms with Crippen LogP contribution in [-0.2, 0) is 9.53 Å². The summed E-state index contributed by atoms with van der Waals surface area (Å²) in [5, 5.41) is 12.7. The van der Waals surface area contributed by atoms with Gasteiger partial charge in [-0.25, -0.2) is 0 Å². The number of phenols is 1. The van der Waals surface area contributed by atoms with Crippen molar-refractivity contribution < 1.29 is 14.6 Å². The molecule has 1 aromatic carbocycles. The van der Waals surface area contributed by atoms with Crippen LogP contribution in [0.1, 0.15) is 30.7 Å². The lowest BCUT2D eigenvalue weighted by molar-refractivity contribution is -0.143. The number of nitrogens with one attached hydrogen (secondary N) is 1. The fraction of sp³-hybridized carbons (Fsp3) is 0.500. The number of phenolic OH excluding ortho intramolecular Hbond substituents is 1. The number of hydrogen-bond acceptors (Lipinski definition) is 4. The Hall–Kier alpha value is -1.26.